The minimum Gasteiger partial charge on any atom is -0.493 e. The molecule has 2 N–H and O–H groups in total. The number of ether oxygens (including phenoxy) is 1. The van der Waals surface area contributed by atoms with E-state index in [0.717, 1.165) is 36.3 Å². The van der Waals surface area contributed by atoms with Crippen molar-refractivity contribution < 1.29 is 22.7 Å². The number of hydrogen-bond donors (Lipinski definition) is 2. The molecule has 2 aliphatic heterocycles. The summed E-state index contributed by atoms with van der Waals surface area (Å²) in [5.41, 5.74) is 2.54. The summed E-state index contributed by atoms with van der Waals surface area (Å²) in [5, 5.41) is 5.70. The lowest BCUT2D eigenvalue weighted by Crippen LogP contribution is -2.46. The van der Waals surface area contributed by atoms with E-state index in [4.69, 9.17) is 4.74 Å². The number of fused-ring (bicyclic) bond motifs is 1. The highest BCUT2D eigenvalue weighted by Crippen LogP contribution is 2.25. The number of carbonyl (C=O) groups excluding carboxylic acids is 2. The van der Waals surface area contributed by atoms with Crippen LogP contribution in [0.15, 0.2) is 60.0 Å². The van der Waals surface area contributed by atoms with Crippen molar-refractivity contribution in [1.29, 1.82) is 0 Å². The van der Waals surface area contributed by atoms with Crippen LogP contribution < -0.4 is 15.4 Å². The van der Waals surface area contributed by atoms with Crippen LogP contribution in [0.2, 0.25) is 0 Å². The monoisotopic (exact) mass is 483 g/mol. The van der Waals surface area contributed by atoms with E-state index in [0.29, 0.717) is 38.0 Å². The van der Waals surface area contributed by atoms with Crippen molar-refractivity contribution in [2.24, 2.45) is 0 Å². The molecule has 2 aromatic rings. The lowest BCUT2D eigenvalue weighted by molar-refractivity contribution is -0.117. The summed E-state index contributed by atoms with van der Waals surface area (Å²) in [6.45, 7) is 5.18. The lowest BCUT2D eigenvalue weighted by atomic mass is 10.0. The smallest absolute Gasteiger partial charge is 0.251 e. The number of nitrogens with one attached hydrogen (secondary N) is 2. The third-order valence-corrected chi connectivity index (χ3v) is 8.08. The molecule has 0 aliphatic carbocycles. The Morgan fingerprint density at radius 2 is 1.85 bits per heavy atom. The highest BCUT2D eigenvalue weighted by atomic mass is 32.2. The van der Waals surface area contributed by atoms with E-state index in [9.17, 15) is 18.0 Å². The molecule has 4 rings (SSSR count). The topological polar surface area (TPSA) is 105 Å². The Hall–Kier alpha value is -3.17. The molecule has 0 atom stereocenters. The van der Waals surface area contributed by atoms with Gasteiger partial charge in [-0.15, -0.1) is 0 Å². The van der Waals surface area contributed by atoms with Crippen LogP contribution in [0.5, 0.6) is 5.75 Å². The molecular formula is C25H29N3O5S. The predicted octanol–water partition coefficient (Wildman–Crippen LogP) is 2.40. The first kappa shape index (κ1) is 24.0. The first-order chi connectivity index (χ1) is 16.4. The van der Waals surface area contributed by atoms with E-state index < -0.39 is 10.0 Å². The Kier molecular flexibility index (Phi) is 7.33. The molecule has 2 aromatic carbocycles. The maximum absolute atomic E-state index is 13.0. The molecule has 0 aromatic heterocycles. The van der Waals surface area contributed by atoms with Crippen molar-refractivity contribution in [2.45, 2.75) is 43.2 Å². The Labute approximate surface area is 200 Å². The van der Waals surface area contributed by atoms with Gasteiger partial charge in [0.2, 0.25) is 15.9 Å². The van der Waals surface area contributed by atoms with Gasteiger partial charge in [-0.05, 0) is 73.2 Å². The molecule has 1 saturated heterocycles. The van der Waals surface area contributed by atoms with Crippen molar-refractivity contribution in [3.63, 3.8) is 0 Å². The van der Waals surface area contributed by atoms with Crippen LogP contribution in [0.1, 0.15) is 40.7 Å². The average molecular weight is 484 g/mol. The van der Waals surface area contributed by atoms with E-state index in [1.807, 2.05) is 12.1 Å². The number of amides is 2. The van der Waals surface area contributed by atoms with Crippen LogP contribution in [0, 0.1) is 0 Å². The van der Waals surface area contributed by atoms with Crippen LogP contribution in [-0.4, -0.2) is 50.3 Å². The van der Waals surface area contributed by atoms with Crippen LogP contribution >= 0.6 is 0 Å². The maximum atomic E-state index is 13.0. The second-order valence-corrected chi connectivity index (χ2v) is 10.4. The molecule has 8 nitrogen and oxygen atoms in total. The Balaban J connectivity index is 1.33. The van der Waals surface area contributed by atoms with Crippen molar-refractivity contribution in [2.75, 3.05) is 19.7 Å². The number of benzene rings is 2. The van der Waals surface area contributed by atoms with E-state index >= 15 is 0 Å². The Morgan fingerprint density at radius 1 is 1.12 bits per heavy atom. The van der Waals surface area contributed by atoms with Gasteiger partial charge in [0.1, 0.15) is 5.75 Å². The summed E-state index contributed by atoms with van der Waals surface area (Å²) in [6, 6.07) is 11.8. The molecule has 0 bridgehead atoms. The summed E-state index contributed by atoms with van der Waals surface area (Å²) < 4.78 is 33.0. The number of nitrogens with zero attached hydrogens (tertiary/aromatic N) is 1. The van der Waals surface area contributed by atoms with Gasteiger partial charge >= 0.3 is 0 Å². The zero-order chi connectivity index (χ0) is 24.1. The molecule has 0 saturated carbocycles. The minimum absolute atomic E-state index is 0.0642. The highest BCUT2D eigenvalue weighted by molar-refractivity contribution is 7.89. The van der Waals surface area contributed by atoms with Crippen LogP contribution in [0.3, 0.4) is 0 Å². The number of aryl methyl sites for hydroxylation is 1. The van der Waals surface area contributed by atoms with Gasteiger partial charge in [-0.25, -0.2) is 8.42 Å². The first-order valence-corrected chi connectivity index (χ1v) is 12.9. The van der Waals surface area contributed by atoms with Gasteiger partial charge in [-0.1, -0.05) is 18.7 Å². The molecule has 34 heavy (non-hydrogen) atoms. The van der Waals surface area contributed by atoms with E-state index in [2.05, 4.69) is 23.3 Å². The summed E-state index contributed by atoms with van der Waals surface area (Å²) in [6.07, 6.45) is 4.24. The van der Waals surface area contributed by atoms with E-state index in [1.165, 1.54) is 34.6 Å². The largest absolute Gasteiger partial charge is 0.493 e. The molecule has 0 spiro atoms. The Bertz CT molecular complexity index is 1170. The van der Waals surface area contributed by atoms with E-state index in [1.54, 1.807) is 0 Å². The zero-order valence-corrected chi connectivity index (χ0v) is 19.8. The van der Waals surface area contributed by atoms with Gasteiger partial charge in [0.05, 0.1) is 11.5 Å². The summed E-state index contributed by atoms with van der Waals surface area (Å²) in [5.74, 6) is 0.386. The third kappa shape index (κ3) is 5.48. The van der Waals surface area contributed by atoms with Crippen molar-refractivity contribution in [3.05, 3.63) is 71.8 Å². The molecule has 2 heterocycles. The number of sulfonamides is 1. The number of hydrogen-bond acceptors (Lipinski definition) is 5. The van der Waals surface area contributed by atoms with Crippen molar-refractivity contribution >= 4 is 21.8 Å². The standard InChI is InChI=1S/C25H29N3O5S/c1-2-24(29)27-21-11-13-28(14-12-21)34(31,32)22-8-6-19(7-9-22)25(30)26-17-18-5-10-23-20(16-18)4-3-15-33-23/h2,5-10,16,21H,1,3-4,11-15,17H2,(H,26,30)(H,27,29). The number of carbonyl (C=O) groups is 2. The van der Waals surface area contributed by atoms with Crippen molar-refractivity contribution in [1.82, 2.24) is 14.9 Å². The first-order valence-electron chi connectivity index (χ1n) is 11.4. The normalized spacial score (nSPS) is 16.7. The second kappa shape index (κ2) is 10.4. The van der Waals surface area contributed by atoms with Crippen LogP contribution in [-0.2, 0) is 27.8 Å². The summed E-state index contributed by atoms with van der Waals surface area (Å²) in [4.78, 5) is 24.2. The third-order valence-electron chi connectivity index (χ3n) is 6.17. The summed E-state index contributed by atoms with van der Waals surface area (Å²) >= 11 is 0. The molecule has 2 amide bonds. The van der Waals surface area contributed by atoms with Gasteiger partial charge < -0.3 is 15.4 Å². The van der Waals surface area contributed by atoms with Gasteiger partial charge in [0.15, 0.2) is 0 Å². The molecule has 0 radical (unpaired) electrons. The molecule has 0 unspecified atom stereocenters. The maximum Gasteiger partial charge on any atom is 0.251 e. The number of rotatable bonds is 7. The molecule has 1 fully saturated rings. The Morgan fingerprint density at radius 3 is 2.56 bits per heavy atom. The van der Waals surface area contributed by atoms with Gasteiger partial charge in [-0.2, -0.15) is 4.31 Å². The SMILES string of the molecule is C=CC(=O)NC1CCN(S(=O)(=O)c2ccc(C(=O)NCc3ccc4c(c3)CCCO4)cc2)CC1. The van der Waals surface area contributed by atoms with Gasteiger partial charge in [-0.3, -0.25) is 9.59 Å². The molecule has 180 valence electrons. The summed E-state index contributed by atoms with van der Waals surface area (Å²) in [7, 11) is -3.67. The fourth-order valence-electron chi connectivity index (χ4n) is 4.24. The molecule has 9 heteroatoms. The minimum atomic E-state index is -3.67. The second-order valence-electron chi connectivity index (χ2n) is 8.49. The zero-order valence-electron chi connectivity index (χ0n) is 19.0. The molecule has 2 aliphatic rings. The fourth-order valence-corrected chi connectivity index (χ4v) is 5.71. The van der Waals surface area contributed by atoms with E-state index in [-0.39, 0.29) is 22.8 Å². The lowest BCUT2D eigenvalue weighted by Gasteiger charge is -2.31. The molecular weight excluding hydrogens is 454 g/mol. The quantitative estimate of drug-likeness (QED) is 0.589. The van der Waals surface area contributed by atoms with Crippen LogP contribution in [0.4, 0.5) is 0 Å². The average Bonchev–Trinajstić information content (AvgIpc) is 2.87. The van der Waals surface area contributed by atoms with Crippen molar-refractivity contribution in [3.8, 4) is 5.75 Å². The predicted molar refractivity (Wildman–Crippen MR) is 128 cm³/mol. The highest BCUT2D eigenvalue weighted by Gasteiger charge is 2.29. The van der Waals surface area contributed by atoms with Gasteiger partial charge in [0.25, 0.3) is 5.91 Å². The fraction of sp³-hybridized carbons (Fsp3) is 0.360. The number of piperidine rings is 1. The van der Waals surface area contributed by atoms with Gasteiger partial charge in [0, 0.05) is 31.2 Å². The van der Waals surface area contributed by atoms with Crippen LogP contribution in [0.25, 0.3) is 0 Å².